The van der Waals surface area contributed by atoms with Gasteiger partial charge in [0, 0.05) is 22.3 Å². The Morgan fingerprint density at radius 1 is 0.676 bits per heavy atom. The fraction of sp³-hybridized carbons (Fsp3) is 0.250. The number of ether oxygens (including phenoxy) is 2. The molecule has 2 heterocycles. The summed E-state index contributed by atoms with van der Waals surface area (Å²) in [5.41, 5.74) is 5.76. The second-order valence-electron chi connectivity index (χ2n) is 7.59. The van der Waals surface area contributed by atoms with Gasteiger partial charge < -0.3 is 9.47 Å². The predicted molar refractivity (Wildman–Crippen MR) is 122 cm³/mol. The summed E-state index contributed by atoms with van der Waals surface area (Å²) in [6.45, 7) is 3.93. The average Bonchev–Trinajstić information content (AvgIpc) is 3.42. The summed E-state index contributed by atoms with van der Waals surface area (Å²) in [6.07, 6.45) is 0. The van der Waals surface area contributed by atoms with Gasteiger partial charge in [-0.1, -0.05) is 59.0 Å². The third kappa shape index (κ3) is 3.62. The minimum atomic E-state index is -0.399. The van der Waals surface area contributed by atoms with Crippen molar-refractivity contribution in [2.45, 2.75) is 26.9 Å². The zero-order valence-corrected chi connectivity index (χ0v) is 18.8. The molecule has 34 heavy (non-hydrogen) atoms. The fourth-order valence-electron chi connectivity index (χ4n) is 4.19. The summed E-state index contributed by atoms with van der Waals surface area (Å²) in [5, 5.41) is 17.5. The fourth-order valence-corrected chi connectivity index (χ4v) is 4.19. The molecule has 0 radical (unpaired) electrons. The molecule has 2 aromatic heterocycles. The molecular formula is C24H22N6O4. The lowest BCUT2D eigenvalue weighted by atomic mass is 9.89. The van der Waals surface area contributed by atoms with E-state index in [4.69, 9.17) is 9.47 Å². The SMILES string of the molecule is CCOC(=O)Cn1nnc2c1-c1ccccc1-c1nnn(CC(=O)OCC)c1-c1ccccc1-2. The summed E-state index contributed by atoms with van der Waals surface area (Å²) in [6, 6.07) is 15.3. The summed E-state index contributed by atoms with van der Waals surface area (Å²) in [4.78, 5) is 24.6. The van der Waals surface area contributed by atoms with Crippen LogP contribution in [0.5, 0.6) is 0 Å². The van der Waals surface area contributed by atoms with Gasteiger partial charge in [0.1, 0.15) is 24.5 Å². The van der Waals surface area contributed by atoms with E-state index >= 15 is 0 Å². The van der Waals surface area contributed by atoms with Crippen LogP contribution in [0.2, 0.25) is 0 Å². The number of nitrogens with zero attached hydrogens (tertiary/aromatic N) is 6. The van der Waals surface area contributed by atoms with Gasteiger partial charge in [-0.2, -0.15) is 0 Å². The Hall–Kier alpha value is -4.34. The highest BCUT2D eigenvalue weighted by molar-refractivity contribution is 5.99. The van der Waals surface area contributed by atoms with Gasteiger partial charge >= 0.3 is 11.9 Å². The lowest BCUT2D eigenvalue weighted by Gasteiger charge is -2.18. The van der Waals surface area contributed by atoms with Gasteiger partial charge in [0.25, 0.3) is 0 Å². The molecule has 0 aliphatic heterocycles. The standard InChI is InChI=1S/C24H22N6O4/c1-3-33-19(31)13-29-23-17-11-7-5-9-15(17)22-24(30(28-26-22)14-20(32)34-4-2)18-12-8-6-10-16(18)21(23)25-27-29/h5-12H,3-4,13-14H2,1-2H3. The molecule has 0 atom stereocenters. The lowest BCUT2D eigenvalue weighted by Crippen LogP contribution is -2.16. The largest absolute Gasteiger partial charge is 0.465 e. The molecule has 0 N–H and O–H groups in total. The molecular weight excluding hydrogens is 436 g/mol. The first-order valence-electron chi connectivity index (χ1n) is 11.0. The highest BCUT2D eigenvalue weighted by atomic mass is 16.5. The molecule has 10 heteroatoms. The summed E-state index contributed by atoms with van der Waals surface area (Å²) >= 11 is 0. The van der Waals surface area contributed by atoms with E-state index in [2.05, 4.69) is 20.6 Å². The highest BCUT2D eigenvalue weighted by Gasteiger charge is 2.30. The van der Waals surface area contributed by atoms with Gasteiger partial charge in [0.05, 0.1) is 24.6 Å². The van der Waals surface area contributed by atoms with Crippen molar-refractivity contribution < 1.29 is 19.1 Å². The van der Waals surface area contributed by atoms with Crippen LogP contribution in [0.3, 0.4) is 0 Å². The molecule has 0 fully saturated rings. The van der Waals surface area contributed by atoms with Crippen molar-refractivity contribution in [1.29, 1.82) is 0 Å². The van der Waals surface area contributed by atoms with Crippen LogP contribution in [-0.2, 0) is 32.2 Å². The Balaban J connectivity index is 1.76. The summed E-state index contributed by atoms with van der Waals surface area (Å²) in [5.74, 6) is -0.798. The zero-order valence-electron chi connectivity index (χ0n) is 18.8. The van der Waals surface area contributed by atoms with Gasteiger partial charge in [0.15, 0.2) is 0 Å². The van der Waals surface area contributed by atoms with Gasteiger partial charge in [-0.3, -0.25) is 9.59 Å². The lowest BCUT2D eigenvalue weighted by molar-refractivity contribution is -0.145. The van der Waals surface area contributed by atoms with Gasteiger partial charge in [-0.15, -0.1) is 10.2 Å². The number of carbonyl (C=O) groups is 2. The second kappa shape index (κ2) is 8.89. The molecule has 0 saturated heterocycles. The van der Waals surface area contributed by atoms with Crippen LogP contribution in [0.25, 0.3) is 45.0 Å². The molecule has 5 rings (SSSR count). The van der Waals surface area contributed by atoms with Crippen LogP contribution in [0.15, 0.2) is 48.5 Å². The molecule has 0 spiro atoms. The zero-order chi connectivity index (χ0) is 23.7. The molecule has 2 aromatic carbocycles. The monoisotopic (exact) mass is 458 g/mol. The van der Waals surface area contributed by atoms with Crippen molar-refractivity contribution in [3.05, 3.63) is 48.5 Å². The smallest absolute Gasteiger partial charge is 0.327 e. The van der Waals surface area contributed by atoms with Crippen molar-refractivity contribution in [2.24, 2.45) is 0 Å². The van der Waals surface area contributed by atoms with E-state index in [1.165, 1.54) is 0 Å². The third-order valence-electron chi connectivity index (χ3n) is 5.51. The molecule has 10 nitrogen and oxygen atoms in total. The second-order valence-corrected chi connectivity index (χ2v) is 7.59. The number of hydrogen-bond donors (Lipinski definition) is 0. The van der Waals surface area contributed by atoms with Crippen molar-refractivity contribution in [2.75, 3.05) is 13.2 Å². The quantitative estimate of drug-likeness (QED) is 0.357. The molecule has 0 saturated carbocycles. The predicted octanol–water partition coefficient (Wildman–Crippen LogP) is 2.98. The van der Waals surface area contributed by atoms with Gasteiger partial charge in [-0.05, 0) is 13.8 Å². The Kier molecular flexibility index (Phi) is 5.62. The van der Waals surface area contributed by atoms with Crippen LogP contribution < -0.4 is 0 Å². The van der Waals surface area contributed by atoms with E-state index in [0.717, 1.165) is 22.3 Å². The van der Waals surface area contributed by atoms with E-state index in [1.807, 2.05) is 48.5 Å². The summed E-state index contributed by atoms with van der Waals surface area (Å²) < 4.78 is 13.4. The van der Waals surface area contributed by atoms with E-state index in [-0.39, 0.29) is 26.3 Å². The maximum atomic E-state index is 12.3. The molecule has 172 valence electrons. The number of fused-ring (bicyclic) bond motifs is 8. The number of benzene rings is 2. The average molecular weight is 458 g/mol. The maximum absolute atomic E-state index is 12.3. The number of carbonyl (C=O) groups excluding carboxylic acids is 2. The van der Waals surface area contributed by atoms with Crippen LogP contribution in [0.1, 0.15) is 13.8 Å². The van der Waals surface area contributed by atoms with Crippen LogP contribution in [-0.4, -0.2) is 55.1 Å². The third-order valence-corrected chi connectivity index (χ3v) is 5.51. The minimum Gasteiger partial charge on any atom is -0.465 e. The van der Waals surface area contributed by atoms with Crippen molar-refractivity contribution in [3.63, 3.8) is 0 Å². The van der Waals surface area contributed by atoms with Gasteiger partial charge in [0.2, 0.25) is 0 Å². The Labute approximate surface area is 195 Å². The van der Waals surface area contributed by atoms with E-state index in [1.54, 1.807) is 23.2 Å². The first-order chi connectivity index (χ1) is 16.6. The number of aromatic nitrogens is 6. The Morgan fingerprint density at radius 2 is 1.06 bits per heavy atom. The first kappa shape index (κ1) is 21.5. The van der Waals surface area contributed by atoms with E-state index < -0.39 is 11.9 Å². The van der Waals surface area contributed by atoms with Crippen LogP contribution in [0.4, 0.5) is 0 Å². The number of esters is 2. The molecule has 1 aliphatic carbocycles. The van der Waals surface area contributed by atoms with Crippen molar-refractivity contribution >= 4 is 11.9 Å². The topological polar surface area (TPSA) is 114 Å². The van der Waals surface area contributed by atoms with E-state index in [9.17, 15) is 9.59 Å². The molecule has 1 aliphatic rings. The van der Waals surface area contributed by atoms with E-state index in [0.29, 0.717) is 22.8 Å². The summed E-state index contributed by atoms with van der Waals surface area (Å²) in [7, 11) is 0. The Bertz CT molecular complexity index is 1280. The number of rotatable bonds is 6. The van der Waals surface area contributed by atoms with Crippen LogP contribution in [0, 0.1) is 0 Å². The minimum absolute atomic E-state index is 0.0743. The molecule has 0 unspecified atom stereocenters. The molecule has 0 bridgehead atoms. The van der Waals surface area contributed by atoms with Crippen molar-refractivity contribution in [3.8, 4) is 45.0 Å². The maximum Gasteiger partial charge on any atom is 0.327 e. The number of hydrogen-bond acceptors (Lipinski definition) is 8. The molecule has 4 aromatic rings. The van der Waals surface area contributed by atoms with Crippen LogP contribution >= 0.6 is 0 Å². The first-order valence-corrected chi connectivity index (χ1v) is 11.0. The van der Waals surface area contributed by atoms with Gasteiger partial charge in [-0.25, -0.2) is 9.36 Å². The van der Waals surface area contributed by atoms with Crippen molar-refractivity contribution in [1.82, 2.24) is 30.0 Å². The highest BCUT2D eigenvalue weighted by Crippen LogP contribution is 2.45. The normalized spacial score (nSPS) is 11.4. The molecule has 0 amide bonds. The Morgan fingerprint density at radius 3 is 1.44 bits per heavy atom.